The van der Waals surface area contributed by atoms with Crippen LogP contribution in [0.5, 0.6) is 0 Å². The number of carbonyl (C=O) groups is 2. The third kappa shape index (κ3) is 4.51. The number of carbonyl (C=O) groups excluding carboxylic acids is 1. The summed E-state index contributed by atoms with van der Waals surface area (Å²) in [6.07, 6.45) is 2.03. The number of aliphatic carboxylic acids is 1. The zero-order chi connectivity index (χ0) is 19.4. The predicted molar refractivity (Wildman–Crippen MR) is 99.6 cm³/mol. The standard InChI is InChI=1S/C20H20FN3O3/c21-14-5-3-4-12(8-14)9-18(20(26)27)24-19(25)16(22)10-13-11-23-17-7-2-1-6-15(13)17/h1-8,11,16,18,23H,9-10,22H2,(H,24,25)(H,26,27)/t16-,18?/m0/s1. The molecule has 0 aliphatic carbocycles. The van der Waals surface area contributed by atoms with Crippen LogP contribution < -0.4 is 11.1 Å². The van der Waals surface area contributed by atoms with Crippen LogP contribution in [-0.4, -0.2) is 34.1 Å². The molecule has 2 atom stereocenters. The van der Waals surface area contributed by atoms with Gasteiger partial charge in [-0.15, -0.1) is 0 Å². The molecule has 1 heterocycles. The number of hydrogen-bond donors (Lipinski definition) is 4. The van der Waals surface area contributed by atoms with Gasteiger partial charge in [-0.05, 0) is 35.7 Å². The van der Waals surface area contributed by atoms with E-state index in [1.165, 1.54) is 18.2 Å². The highest BCUT2D eigenvalue weighted by molar-refractivity contribution is 5.88. The van der Waals surface area contributed by atoms with E-state index in [1.807, 2.05) is 24.3 Å². The molecule has 3 rings (SSSR count). The minimum Gasteiger partial charge on any atom is -0.480 e. The fourth-order valence-corrected chi connectivity index (χ4v) is 3.01. The summed E-state index contributed by atoms with van der Waals surface area (Å²) in [5.41, 5.74) is 8.29. The smallest absolute Gasteiger partial charge is 0.326 e. The Morgan fingerprint density at radius 3 is 2.67 bits per heavy atom. The van der Waals surface area contributed by atoms with Gasteiger partial charge in [0.2, 0.25) is 5.91 Å². The fourth-order valence-electron chi connectivity index (χ4n) is 3.01. The van der Waals surface area contributed by atoms with Gasteiger partial charge >= 0.3 is 5.97 Å². The van der Waals surface area contributed by atoms with Crippen LogP contribution in [-0.2, 0) is 22.4 Å². The number of fused-ring (bicyclic) bond motifs is 1. The van der Waals surface area contributed by atoms with Crippen LogP contribution in [0.25, 0.3) is 10.9 Å². The number of rotatable bonds is 7. The first kappa shape index (κ1) is 18.6. The maximum Gasteiger partial charge on any atom is 0.326 e. The first-order valence-corrected chi connectivity index (χ1v) is 8.52. The Morgan fingerprint density at radius 1 is 1.15 bits per heavy atom. The van der Waals surface area contributed by atoms with Crippen molar-refractivity contribution >= 4 is 22.8 Å². The molecule has 0 aliphatic rings. The second-order valence-corrected chi connectivity index (χ2v) is 6.40. The number of nitrogens with one attached hydrogen (secondary N) is 2. The highest BCUT2D eigenvalue weighted by Gasteiger charge is 2.24. The van der Waals surface area contributed by atoms with Gasteiger partial charge in [-0.1, -0.05) is 30.3 Å². The van der Waals surface area contributed by atoms with Crippen molar-refractivity contribution in [3.8, 4) is 0 Å². The van der Waals surface area contributed by atoms with Gasteiger partial charge in [0, 0.05) is 23.5 Å². The molecule has 7 heteroatoms. The molecule has 2 aromatic carbocycles. The highest BCUT2D eigenvalue weighted by Crippen LogP contribution is 2.18. The average molecular weight is 369 g/mol. The highest BCUT2D eigenvalue weighted by atomic mass is 19.1. The molecule has 0 saturated heterocycles. The number of carboxylic acids is 1. The van der Waals surface area contributed by atoms with Gasteiger partial charge in [-0.3, -0.25) is 4.79 Å². The van der Waals surface area contributed by atoms with Crippen molar-refractivity contribution in [1.82, 2.24) is 10.3 Å². The lowest BCUT2D eigenvalue weighted by Crippen LogP contribution is -2.50. The van der Waals surface area contributed by atoms with Crippen molar-refractivity contribution in [1.29, 1.82) is 0 Å². The molecule has 140 valence electrons. The SMILES string of the molecule is N[C@@H](Cc1c[nH]c2ccccc12)C(=O)NC(Cc1cccc(F)c1)C(=O)O. The van der Waals surface area contributed by atoms with E-state index < -0.39 is 29.8 Å². The number of carboxylic acid groups (broad SMARTS) is 1. The zero-order valence-corrected chi connectivity index (χ0v) is 14.5. The topological polar surface area (TPSA) is 108 Å². The molecule has 0 saturated carbocycles. The minimum atomic E-state index is -1.20. The molecule has 0 spiro atoms. The Morgan fingerprint density at radius 2 is 1.93 bits per heavy atom. The lowest BCUT2D eigenvalue weighted by Gasteiger charge is -2.18. The van der Waals surface area contributed by atoms with E-state index >= 15 is 0 Å². The molecule has 3 aromatic rings. The van der Waals surface area contributed by atoms with Crippen molar-refractivity contribution in [3.05, 3.63) is 71.7 Å². The van der Waals surface area contributed by atoms with Crippen molar-refractivity contribution in [2.45, 2.75) is 24.9 Å². The number of halogens is 1. The number of benzene rings is 2. The largest absolute Gasteiger partial charge is 0.480 e. The number of aromatic nitrogens is 1. The van der Waals surface area contributed by atoms with Crippen molar-refractivity contribution < 1.29 is 19.1 Å². The minimum absolute atomic E-state index is 0.0291. The Bertz CT molecular complexity index is 970. The molecule has 0 radical (unpaired) electrons. The first-order valence-electron chi connectivity index (χ1n) is 8.52. The van der Waals surface area contributed by atoms with Crippen LogP contribution in [0.3, 0.4) is 0 Å². The summed E-state index contributed by atoms with van der Waals surface area (Å²) >= 11 is 0. The summed E-state index contributed by atoms with van der Waals surface area (Å²) in [7, 11) is 0. The summed E-state index contributed by atoms with van der Waals surface area (Å²) in [6, 6.07) is 11.2. The Balaban J connectivity index is 1.67. The lowest BCUT2D eigenvalue weighted by atomic mass is 10.0. The van der Waals surface area contributed by atoms with Crippen molar-refractivity contribution in [3.63, 3.8) is 0 Å². The second kappa shape index (κ2) is 8.01. The van der Waals surface area contributed by atoms with Crippen LogP contribution in [0.2, 0.25) is 0 Å². The maximum atomic E-state index is 13.3. The van der Waals surface area contributed by atoms with Gasteiger partial charge in [0.15, 0.2) is 0 Å². The number of H-pyrrole nitrogens is 1. The summed E-state index contributed by atoms with van der Waals surface area (Å²) in [5.74, 6) is -2.23. The van der Waals surface area contributed by atoms with E-state index in [0.717, 1.165) is 16.5 Å². The molecule has 0 fully saturated rings. The Kier molecular flexibility index (Phi) is 5.52. The molecular formula is C20H20FN3O3. The number of para-hydroxylation sites is 1. The summed E-state index contributed by atoms with van der Waals surface area (Å²) in [4.78, 5) is 27.0. The molecule has 1 unspecified atom stereocenters. The number of aromatic amines is 1. The van der Waals surface area contributed by atoms with Gasteiger partial charge in [-0.2, -0.15) is 0 Å². The number of nitrogens with two attached hydrogens (primary N) is 1. The normalized spacial score (nSPS) is 13.3. The summed E-state index contributed by atoms with van der Waals surface area (Å²) in [5, 5.41) is 12.8. The number of hydrogen-bond acceptors (Lipinski definition) is 3. The van der Waals surface area contributed by atoms with Crippen LogP contribution in [0.4, 0.5) is 4.39 Å². The van der Waals surface area contributed by atoms with Gasteiger partial charge in [0.1, 0.15) is 11.9 Å². The molecule has 0 aliphatic heterocycles. The Hall–Kier alpha value is -3.19. The molecule has 1 amide bonds. The van der Waals surface area contributed by atoms with E-state index in [4.69, 9.17) is 5.73 Å². The molecule has 27 heavy (non-hydrogen) atoms. The fraction of sp³-hybridized carbons (Fsp3) is 0.200. The van der Waals surface area contributed by atoms with Crippen molar-refractivity contribution in [2.75, 3.05) is 0 Å². The average Bonchev–Trinajstić information content (AvgIpc) is 3.04. The van der Waals surface area contributed by atoms with Gasteiger partial charge in [-0.25, -0.2) is 9.18 Å². The van der Waals surface area contributed by atoms with E-state index in [2.05, 4.69) is 10.3 Å². The molecular weight excluding hydrogens is 349 g/mol. The quantitative estimate of drug-likeness (QED) is 0.511. The molecule has 0 bridgehead atoms. The van der Waals surface area contributed by atoms with Crippen molar-refractivity contribution in [2.24, 2.45) is 5.73 Å². The van der Waals surface area contributed by atoms with Crippen LogP contribution in [0.1, 0.15) is 11.1 Å². The third-order valence-electron chi connectivity index (χ3n) is 4.39. The maximum absolute atomic E-state index is 13.3. The Labute approximate surface area is 155 Å². The van der Waals surface area contributed by atoms with E-state index in [1.54, 1.807) is 12.3 Å². The van der Waals surface area contributed by atoms with E-state index in [0.29, 0.717) is 5.56 Å². The summed E-state index contributed by atoms with van der Waals surface area (Å²) < 4.78 is 13.3. The van der Waals surface area contributed by atoms with Crippen LogP contribution >= 0.6 is 0 Å². The van der Waals surface area contributed by atoms with Gasteiger partial charge in [0.25, 0.3) is 0 Å². The summed E-state index contributed by atoms with van der Waals surface area (Å²) in [6.45, 7) is 0. The second-order valence-electron chi connectivity index (χ2n) is 6.40. The zero-order valence-electron chi connectivity index (χ0n) is 14.5. The van der Waals surface area contributed by atoms with Gasteiger partial charge < -0.3 is 21.1 Å². The molecule has 5 N–H and O–H groups in total. The third-order valence-corrected chi connectivity index (χ3v) is 4.39. The molecule has 6 nitrogen and oxygen atoms in total. The van der Waals surface area contributed by atoms with E-state index in [9.17, 15) is 19.1 Å². The lowest BCUT2D eigenvalue weighted by molar-refractivity contribution is -0.141. The van der Waals surface area contributed by atoms with Crippen LogP contribution in [0, 0.1) is 5.82 Å². The predicted octanol–water partition coefficient (Wildman–Crippen LogP) is 1.99. The molecule has 1 aromatic heterocycles. The monoisotopic (exact) mass is 369 g/mol. The first-order chi connectivity index (χ1) is 12.9. The van der Waals surface area contributed by atoms with Crippen LogP contribution in [0.15, 0.2) is 54.7 Å². The number of amides is 1. The van der Waals surface area contributed by atoms with E-state index in [-0.39, 0.29) is 12.8 Å². The van der Waals surface area contributed by atoms with Gasteiger partial charge in [0.05, 0.1) is 6.04 Å².